The van der Waals surface area contributed by atoms with Crippen molar-refractivity contribution in [2.75, 3.05) is 5.32 Å². The maximum Gasteiger partial charge on any atom is 0.0553 e. The lowest BCUT2D eigenvalue weighted by Gasteiger charge is -2.37. The summed E-state index contributed by atoms with van der Waals surface area (Å²) in [5.41, 5.74) is 5.56. The molecule has 134 valence electrons. The van der Waals surface area contributed by atoms with Crippen molar-refractivity contribution in [3.8, 4) is 0 Å². The molecule has 1 aliphatic carbocycles. The lowest BCUT2D eigenvalue weighted by Crippen LogP contribution is -2.29. The number of allylic oxidation sites excluding steroid dienone is 2. The lowest BCUT2D eigenvalue weighted by atomic mass is 9.77. The second-order valence-corrected chi connectivity index (χ2v) is 8.46. The molecular weight excluding hydrogens is 346 g/mol. The van der Waals surface area contributed by atoms with Crippen LogP contribution >= 0.6 is 11.8 Å². The summed E-state index contributed by atoms with van der Waals surface area (Å²) in [7, 11) is 0. The summed E-state index contributed by atoms with van der Waals surface area (Å²) in [5.74, 6) is 2.14. The van der Waals surface area contributed by atoms with Gasteiger partial charge in [-0.05, 0) is 47.2 Å². The molecule has 3 aromatic carbocycles. The zero-order chi connectivity index (χ0) is 18.1. The molecule has 0 amide bonds. The van der Waals surface area contributed by atoms with Crippen molar-refractivity contribution in [2.45, 2.75) is 29.0 Å². The van der Waals surface area contributed by atoms with Gasteiger partial charge in [-0.3, -0.25) is 0 Å². The number of benzene rings is 3. The van der Waals surface area contributed by atoms with Gasteiger partial charge in [-0.1, -0.05) is 72.8 Å². The van der Waals surface area contributed by atoms with Gasteiger partial charge >= 0.3 is 0 Å². The molecule has 0 saturated heterocycles. The second kappa shape index (κ2) is 7.28. The Kier molecular flexibility index (Phi) is 4.51. The predicted molar refractivity (Wildman–Crippen MR) is 115 cm³/mol. The highest BCUT2D eigenvalue weighted by molar-refractivity contribution is 7.98. The minimum atomic E-state index is 0.392. The Balaban J connectivity index is 1.42. The van der Waals surface area contributed by atoms with Crippen molar-refractivity contribution in [2.24, 2.45) is 5.92 Å². The van der Waals surface area contributed by atoms with E-state index in [9.17, 15) is 0 Å². The molecule has 0 fully saturated rings. The van der Waals surface area contributed by atoms with E-state index in [0.29, 0.717) is 17.9 Å². The SMILES string of the molecule is C1=C[C@@H]2c3cc(CSc4ccccc4)ccc3N[C@@H](c3ccccc3)[C@@H]2C1. The first-order valence-electron chi connectivity index (χ1n) is 9.67. The highest BCUT2D eigenvalue weighted by atomic mass is 32.2. The van der Waals surface area contributed by atoms with Crippen LogP contribution in [0.25, 0.3) is 0 Å². The van der Waals surface area contributed by atoms with E-state index in [1.165, 1.54) is 27.3 Å². The number of hydrogen-bond donors (Lipinski definition) is 1. The zero-order valence-electron chi connectivity index (χ0n) is 15.2. The molecule has 0 saturated carbocycles. The molecule has 0 radical (unpaired) electrons. The van der Waals surface area contributed by atoms with E-state index in [0.717, 1.165) is 12.2 Å². The molecule has 1 N–H and O–H groups in total. The number of thioether (sulfide) groups is 1. The summed E-state index contributed by atoms with van der Waals surface area (Å²) >= 11 is 1.91. The van der Waals surface area contributed by atoms with Crippen LogP contribution in [0.15, 0.2) is 95.9 Å². The van der Waals surface area contributed by atoms with Crippen LogP contribution < -0.4 is 5.32 Å². The van der Waals surface area contributed by atoms with Gasteiger partial charge in [0.05, 0.1) is 6.04 Å². The van der Waals surface area contributed by atoms with Gasteiger partial charge in [0.15, 0.2) is 0 Å². The second-order valence-electron chi connectivity index (χ2n) is 7.41. The zero-order valence-corrected chi connectivity index (χ0v) is 16.0. The Morgan fingerprint density at radius 3 is 2.48 bits per heavy atom. The molecule has 3 aromatic rings. The fourth-order valence-corrected chi connectivity index (χ4v) is 5.27. The Labute approximate surface area is 165 Å². The van der Waals surface area contributed by atoms with Gasteiger partial charge < -0.3 is 5.32 Å². The van der Waals surface area contributed by atoms with E-state index in [1.54, 1.807) is 0 Å². The molecule has 2 heteroatoms. The summed E-state index contributed by atoms with van der Waals surface area (Å²) in [5, 5.41) is 3.84. The maximum absolute atomic E-state index is 3.84. The minimum absolute atomic E-state index is 0.392. The normalized spacial score (nSPS) is 22.7. The van der Waals surface area contributed by atoms with Crippen molar-refractivity contribution in [3.63, 3.8) is 0 Å². The number of anilines is 1. The van der Waals surface area contributed by atoms with Crippen LogP contribution in [0.4, 0.5) is 5.69 Å². The predicted octanol–water partition coefficient (Wildman–Crippen LogP) is 6.81. The number of rotatable bonds is 4. The van der Waals surface area contributed by atoms with E-state index >= 15 is 0 Å². The molecule has 2 aliphatic rings. The Bertz CT molecular complexity index is 949. The number of nitrogens with one attached hydrogen (secondary N) is 1. The Hall–Kier alpha value is -2.45. The Morgan fingerprint density at radius 1 is 0.889 bits per heavy atom. The number of hydrogen-bond acceptors (Lipinski definition) is 2. The molecule has 1 nitrogen and oxygen atoms in total. The fourth-order valence-electron chi connectivity index (χ4n) is 4.41. The third-order valence-corrected chi connectivity index (χ3v) is 6.82. The summed E-state index contributed by atoms with van der Waals surface area (Å²) in [6, 6.07) is 28.9. The average Bonchev–Trinajstić information content (AvgIpc) is 3.23. The smallest absolute Gasteiger partial charge is 0.0553 e. The van der Waals surface area contributed by atoms with Crippen LogP contribution in [0.3, 0.4) is 0 Å². The summed E-state index contributed by atoms with van der Waals surface area (Å²) in [6.45, 7) is 0. The third-order valence-electron chi connectivity index (χ3n) is 5.73. The first-order valence-corrected chi connectivity index (χ1v) is 10.7. The first-order chi connectivity index (χ1) is 13.4. The van der Waals surface area contributed by atoms with Gasteiger partial charge in [0, 0.05) is 22.3 Å². The number of fused-ring (bicyclic) bond motifs is 3. The van der Waals surface area contributed by atoms with Gasteiger partial charge in [0.2, 0.25) is 0 Å². The van der Waals surface area contributed by atoms with E-state index in [1.807, 2.05) is 11.8 Å². The molecular formula is C25H23NS. The summed E-state index contributed by atoms with van der Waals surface area (Å²) < 4.78 is 0. The third kappa shape index (κ3) is 3.30. The highest BCUT2D eigenvalue weighted by Gasteiger charge is 2.37. The fraction of sp³-hybridized carbons (Fsp3) is 0.200. The molecule has 27 heavy (non-hydrogen) atoms. The van der Waals surface area contributed by atoms with Crippen LogP contribution in [0.5, 0.6) is 0 Å². The van der Waals surface area contributed by atoms with Gasteiger partial charge in [-0.15, -0.1) is 11.8 Å². The van der Waals surface area contributed by atoms with Gasteiger partial charge in [-0.2, -0.15) is 0 Å². The standard InChI is InChI=1S/C25H23NS/c1-3-8-19(9-4-1)25-22-13-7-12-21(22)23-16-18(14-15-24(23)26-25)17-27-20-10-5-2-6-11-20/h1-12,14-16,21-22,25-26H,13,17H2/t21-,22+,25-/m0/s1. The molecule has 0 unspecified atom stereocenters. The molecule has 5 rings (SSSR count). The van der Waals surface area contributed by atoms with E-state index < -0.39 is 0 Å². The lowest BCUT2D eigenvalue weighted by molar-refractivity contribution is 0.425. The maximum atomic E-state index is 3.84. The Morgan fingerprint density at radius 2 is 1.67 bits per heavy atom. The van der Waals surface area contributed by atoms with Gasteiger partial charge in [-0.25, -0.2) is 0 Å². The molecule has 3 atom stereocenters. The van der Waals surface area contributed by atoms with Crippen LogP contribution in [-0.4, -0.2) is 0 Å². The first kappa shape index (κ1) is 16.7. The van der Waals surface area contributed by atoms with Crippen molar-refractivity contribution < 1.29 is 0 Å². The van der Waals surface area contributed by atoms with Gasteiger partial charge in [0.25, 0.3) is 0 Å². The van der Waals surface area contributed by atoms with Crippen LogP contribution in [0.1, 0.15) is 35.1 Å². The van der Waals surface area contributed by atoms with Crippen molar-refractivity contribution in [1.29, 1.82) is 0 Å². The minimum Gasteiger partial charge on any atom is -0.378 e. The van der Waals surface area contributed by atoms with Gasteiger partial charge in [0.1, 0.15) is 0 Å². The monoisotopic (exact) mass is 369 g/mol. The van der Waals surface area contributed by atoms with Crippen LogP contribution in [0.2, 0.25) is 0 Å². The van der Waals surface area contributed by atoms with E-state index in [4.69, 9.17) is 0 Å². The van der Waals surface area contributed by atoms with Crippen LogP contribution in [-0.2, 0) is 5.75 Å². The molecule has 0 aromatic heterocycles. The summed E-state index contributed by atoms with van der Waals surface area (Å²) in [4.78, 5) is 1.33. The van der Waals surface area contributed by atoms with E-state index in [2.05, 4.69) is 96.3 Å². The van der Waals surface area contributed by atoms with Crippen LogP contribution in [0, 0.1) is 5.92 Å². The highest BCUT2D eigenvalue weighted by Crippen LogP contribution is 2.50. The molecule has 0 bridgehead atoms. The molecule has 0 spiro atoms. The summed E-state index contributed by atoms with van der Waals surface area (Å²) in [6.07, 6.45) is 5.95. The molecule has 1 aliphatic heterocycles. The van der Waals surface area contributed by atoms with E-state index in [-0.39, 0.29) is 0 Å². The average molecular weight is 370 g/mol. The topological polar surface area (TPSA) is 12.0 Å². The quantitative estimate of drug-likeness (QED) is 0.401. The van der Waals surface area contributed by atoms with Crippen molar-refractivity contribution in [3.05, 3.63) is 108 Å². The van der Waals surface area contributed by atoms with Crippen molar-refractivity contribution in [1.82, 2.24) is 0 Å². The van der Waals surface area contributed by atoms with Crippen molar-refractivity contribution >= 4 is 17.4 Å². The molecule has 1 heterocycles. The largest absolute Gasteiger partial charge is 0.378 e.